The third-order valence-electron chi connectivity index (χ3n) is 5.36. The van der Waals surface area contributed by atoms with Gasteiger partial charge in [0.2, 0.25) is 0 Å². The number of thiazole rings is 1. The maximum Gasteiger partial charge on any atom is 0.191 e. The molecule has 1 unspecified atom stereocenters. The van der Waals surface area contributed by atoms with Crippen LogP contribution in [0.5, 0.6) is 5.75 Å². The van der Waals surface area contributed by atoms with E-state index in [-0.39, 0.29) is 0 Å². The molecule has 158 valence electrons. The number of hydrogen-bond donors (Lipinski definition) is 2. The number of aliphatic imine (C=N–C) groups is 1. The fraction of sp³-hybridized carbons (Fsp3) is 0.545. The standard InChI is InChI=1S/C22H33N5OS/c1-4-21-26-18(16-29-21)14-24-22(23-2)25-15-20(27-12-6-5-7-13-27)17-8-10-19(28-3)11-9-17/h8-11,16,20H,4-7,12-15H2,1-3H3,(H2,23,24,25). The van der Waals surface area contributed by atoms with Gasteiger partial charge in [0.25, 0.3) is 0 Å². The van der Waals surface area contributed by atoms with Gasteiger partial charge < -0.3 is 15.4 Å². The van der Waals surface area contributed by atoms with Crippen molar-refractivity contribution in [3.05, 3.63) is 45.9 Å². The van der Waals surface area contributed by atoms with Gasteiger partial charge in [0, 0.05) is 19.0 Å². The molecule has 0 amide bonds. The van der Waals surface area contributed by atoms with E-state index in [2.05, 4.69) is 49.9 Å². The summed E-state index contributed by atoms with van der Waals surface area (Å²) in [7, 11) is 3.53. The lowest BCUT2D eigenvalue weighted by molar-refractivity contribution is 0.164. The Balaban J connectivity index is 1.62. The summed E-state index contributed by atoms with van der Waals surface area (Å²) in [5.41, 5.74) is 2.38. The van der Waals surface area contributed by atoms with Gasteiger partial charge in [-0.25, -0.2) is 4.98 Å². The molecule has 1 aliphatic rings. The molecule has 2 N–H and O–H groups in total. The molecule has 0 spiro atoms. The number of likely N-dealkylation sites (tertiary alicyclic amines) is 1. The highest BCUT2D eigenvalue weighted by molar-refractivity contribution is 7.09. The van der Waals surface area contributed by atoms with Crippen LogP contribution in [0.2, 0.25) is 0 Å². The van der Waals surface area contributed by atoms with Crippen molar-refractivity contribution in [2.45, 2.75) is 45.2 Å². The molecule has 2 aromatic rings. The number of benzene rings is 1. The Labute approximate surface area is 178 Å². The molecule has 1 aliphatic heterocycles. The summed E-state index contributed by atoms with van der Waals surface area (Å²) in [6.45, 7) is 5.92. The molecule has 2 heterocycles. The van der Waals surface area contributed by atoms with Gasteiger partial charge in [0.05, 0.1) is 30.4 Å². The van der Waals surface area contributed by atoms with Gasteiger partial charge in [-0.15, -0.1) is 11.3 Å². The maximum atomic E-state index is 5.33. The summed E-state index contributed by atoms with van der Waals surface area (Å²) in [6.07, 6.45) is 4.85. The first kappa shape index (κ1) is 21.6. The summed E-state index contributed by atoms with van der Waals surface area (Å²) in [5, 5.41) is 10.2. The third kappa shape index (κ3) is 6.18. The molecule has 0 aliphatic carbocycles. The Kier molecular flexibility index (Phi) is 8.31. The first-order valence-corrected chi connectivity index (χ1v) is 11.4. The Morgan fingerprint density at radius 2 is 1.97 bits per heavy atom. The number of nitrogens with zero attached hydrogens (tertiary/aromatic N) is 3. The normalized spacial score (nSPS) is 16.4. The van der Waals surface area contributed by atoms with Crippen molar-refractivity contribution in [3.8, 4) is 5.75 Å². The van der Waals surface area contributed by atoms with Gasteiger partial charge in [-0.1, -0.05) is 25.5 Å². The fourth-order valence-corrected chi connectivity index (χ4v) is 4.44. The predicted molar refractivity (Wildman–Crippen MR) is 121 cm³/mol. The molecule has 0 radical (unpaired) electrons. The zero-order chi connectivity index (χ0) is 20.5. The highest BCUT2D eigenvalue weighted by atomic mass is 32.1. The molecule has 1 aromatic heterocycles. The summed E-state index contributed by atoms with van der Waals surface area (Å²) in [4.78, 5) is 11.6. The van der Waals surface area contributed by atoms with E-state index >= 15 is 0 Å². The molecule has 1 saturated heterocycles. The van der Waals surface area contributed by atoms with E-state index in [1.807, 2.05) is 19.2 Å². The van der Waals surface area contributed by atoms with E-state index < -0.39 is 0 Å². The van der Waals surface area contributed by atoms with Crippen molar-refractivity contribution in [2.75, 3.05) is 33.8 Å². The van der Waals surface area contributed by atoms with Crippen molar-refractivity contribution in [3.63, 3.8) is 0 Å². The van der Waals surface area contributed by atoms with E-state index in [0.717, 1.165) is 43.5 Å². The summed E-state index contributed by atoms with van der Waals surface area (Å²) in [5.74, 6) is 1.71. The van der Waals surface area contributed by atoms with Crippen LogP contribution < -0.4 is 15.4 Å². The van der Waals surface area contributed by atoms with Crippen LogP contribution in [0.3, 0.4) is 0 Å². The second-order valence-electron chi connectivity index (χ2n) is 7.28. The van der Waals surface area contributed by atoms with E-state index in [0.29, 0.717) is 12.6 Å². The average Bonchev–Trinajstić information content (AvgIpc) is 3.25. The van der Waals surface area contributed by atoms with E-state index in [1.165, 1.54) is 29.8 Å². The van der Waals surface area contributed by atoms with E-state index in [1.54, 1.807) is 18.4 Å². The predicted octanol–water partition coefficient (Wildman–Crippen LogP) is 3.61. The number of guanidine groups is 1. The molecular weight excluding hydrogens is 382 g/mol. The molecule has 0 saturated carbocycles. The monoisotopic (exact) mass is 415 g/mol. The fourth-order valence-electron chi connectivity index (χ4n) is 3.69. The van der Waals surface area contributed by atoms with Crippen LogP contribution in [-0.2, 0) is 13.0 Å². The van der Waals surface area contributed by atoms with E-state index in [4.69, 9.17) is 4.74 Å². The topological polar surface area (TPSA) is 61.8 Å². The largest absolute Gasteiger partial charge is 0.497 e. The highest BCUT2D eigenvalue weighted by Crippen LogP contribution is 2.25. The number of hydrogen-bond acceptors (Lipinski definition) is 5. The van der Waals surface area contributed by atoms with Crippen LogP contribution in [0.4, 0.5) is 0 Å². The van der Waals surface area contributed by atoms with Crippen LogP contribution in [0.25, 0.3) is 0 Å². The number of ether oxygens (including phenoxy) is 1. The zero-order valence-electron chi connectivity index (χ0n) is 17.8. The Morgan fingerprint density at radius 1 is 1.21 bits per heavy atom. The van der Waals surface area contributed by atoms with Gasteiger partial charge in [-0.05, 0) is 50.0 Å². The van der Waals surface area contributed by atoms with Gasteiger partial charge in [0.15, 0.2) is 5.96 Å². The zero-order valence-corrected chi connectivity index (χ0v) is 18.6. The van der Waals surface area contributed by atoms with Crippen molar-refractivity contribution in [1.82, 2.24) is 20.5 Å². The SMILES string of the molecule is CCc1nc(CNC(=NC)NCC(c2ccc(OC)cc2)N2CCCCC2)cs1. The van der Waals surface area contributed by atoms with Crippen LogP contribution >= 0.6 is 11.3 Å². The number of aromatic nitrogens is 1. The van der Waals surface area contributed by atoms with Crippen LogP contribution in [0.1, 0.15) is 48.5 Å². The quantitative estimate of drug-likeness (QED) is 0.509. The molecule has 3 rings (SSSR count). The molecule has 1 aromatic carbocycles. The van der Waals surface area contributed by atoms with Gasteiger partial charge in [-0.2, -0.15) is 0 Å². The van der Waals surface area contributed by atoms with Gasteiger partial charge >= 0.3 is 0 Å². The van der Waals surface area contributed by atoms with Crippen molar-refractivity contribution < 1.29 is 4.74 Å². The van der Waals surface area contributed by atoms with Crippen molar-refractivity contribution in [2.24, 2.45) is 4.99 Å². The van der Waals surface area contributed by atoms with Gasteiger partial charge in [0.1, 0.15) is 5.75 Å². The number of methoxy groups -OCH3 is 1. The van der Waals surface area contributed by atoms with Gasteiger partial charge in [-0.3, -0.25) is 9.89 Å². The smallest absolute Gasteiger partial charge is 0.191 e. The van der Waals surface area contributed by atoms with Crippen molar-refractivity contribution in [1.29, 1.82) is 0 Å². The average molecular weight is 416 g/mol. The Bertz CT molecular complexity index is 768. The minimum atomic E-state index is 0.311. The molecule has 1 fully saturated rings. The molecule has 1 atom stereocenters. The number of aryl methyl sites for hydroxylation is 1. The Morgan fingerprint density at radius 3 is 2.59 bits per heavy atom. The molecule has 0 bridgehead atoms. The molecule has 6 nitrogen and oxygen atoms in total. The summed E-state index contributed by atoms with van der Waals surface area (Å²) >= 11 is 1.72. The first-order valence-electron chi connectivity index (χ1n) is 10.5. The molecule has 7 heteroatoms. The number of nitrogens with one attached hydrogen (secondary N) is 2. The lowest BCUT2D eigenvalue weighted by Gasteiger charge is -2.35. The Hall–Kier alpha value is -2.12. The van der Waals surface area contributed by atoms with Crippen LogP contribution in [0, 0.1) is 0 Å². The minimum Gasteiger partial charge on any atom is -0.497 e. The maximum absolute atomic E-state index is 5.33. The number of rotatable bonds is 8. The second kappa shape index (κ2) is 11.2. The summed E-state index contributed by atoms with van der Waals surface area (Å²) < 4.78 is 5.33. The number of piperidine rings is 1. The summed E-state index contributed by atoms with van der Waals surface area (Å²) in [6, 6.07) is 8.76. The molecule has 29 heavy (non-hydrogen) atoms. The lowest BCUT2D eigenvalue weighted by Crippen LogP contribution is -2.44. The van der Waals surface area contributed by atoms with Crippen LogP contribution in [-0.4, -0.2) is 49.6 Å². The highest BCUT2D eigenvalue weighted by Gasteiger charge is 2.22. The second-order valence-corrected chi connectivity index (χ2v) is 8.22. The lowest BCUT2D eigenvalue weighted by atomic mass is 10.0. The van der Waals surface area contributed by atoms with E-state index in [9.17, 15) is 0 Å². The van der Waals surface area contributed by atoms with Crippen LogP contribution in [0.15, 0.2) is 34.6 Å². The minimum absolute atomic E-state index is 0.311. The molecular formula is C22H33N5OS. The van der Waals surface area contributed by atoms with Crippen molar-refractivity contribution >= 4 is 17.3 Å². The first-order chi connectivity index (χ1) is 14.2. The third-order valence-corrected chi connectivity index (χ3v) is 6.40.